The van der Waals surface area contributed by atoms with Crippen LogP contribution in [0.5, 0.6) is 11.5 Å². The zero-order valence-electron chi connectivity index (χ0n) is 17.5. The zero-order valence-corrected chi connectivity index (χ0v) is 18.3. The molecule has 8 heteroatoms. The highest BCUT2D eigenvalue weighted by atomic mass is 32.1. The lowest BCUT2D eigenvalue weighted by molar-refractivity contribution is 0.0628. The number of nitrogens with zero attached hydrogens (tertiary/aromatic N) is 2. The molecule has 3 heterocycles. The highest BCUT2D eigenvalue weighted by molar-refractivity contribution is 7.12. The SMILES string of the molecule is O=C(Nc1cccc(C(=O)N2CCN(Cc3ccc4c(c3)OCO4)CC2)c1)c1cccs1. The highest BCUT2D eigenvalue weighted by Gasteiger charge is 2.23. The third-order valence-corrected chi connectivity index (χ3v) is 6.48. The van der Waals surface area contributed by atoms with E-state index in [1.807, 2.05) is 28.5 Å². The fraction of sp³-hybridized carbons (Fsp3) is 0.250. The van der Waals surface area contributed by atoms with E-state index in [2.05, 4.69) is 16.3 Å². The Morgan fingerprint density at radius 2 is 1.78 bits per heavy atom. The molecule has 0 unspecified atom stereocenters. The Balaban J connectivity index is 1.17. The molecule has 0 bridgehead atoms. The largest absolute Gasteiger partial charge is 0.454 e. The second kappa shape index (κ2) is 9.02. The topological polar surface area (TPSA) is 71.1 Å². The second-order valence-electron chi connectivity index (χ2n) is 7.77. The maximum atomic E-state index is 13.0. The molecule has 2 aromatic carbocycles. The summed E-state index contributed by atoms with van der Waals surface area (Å²) in [6.45, 7) is 4.01. The van der Waals surface area contributed by atoms with Crippen molar-refractivity contribution in [1.82, 2.24) is 9.80 Å². The molecule has 32 heavy (non-hydrogen) atoms. The van der Waals surface area contributed by atoms with Gasteiger partial charge in [-0.2, -0.15) is 0 Å². The van der Waals surface area contributed by atoms with E-state index in [1.54, 1.807) is 30.3 Å². The van der Waals surface area contributed by atoms with Crippen LogP contribution >= 0.6 is 11.3 Å². The molecule has 164 valence electrons. The number of anilines is 1. The van der Waals surface area contributed by atoms with Gasteiger partial charge in [0.1, 0.15) is 0 Å². The molecule has 5 rings (SSSR count). The van der Waals surface area contributed by atoms with E-state index in [0.29, 0.717) is 29.2 Å². The summed E-state index contributed by atoms with van der Waals surface area (Å²) in [5.74, 6) is 1.40. The lowest BCUT2D eigenvalue weighted by Crippen LogP contribution is -2.48. The van der Waals surface area contributed by atoms with Gasteiger partial charge in [0.05, 0.1) is 4.88 Å². The van der Waals surface area contributed by atoms with Crippen molar-refractivity contribution in [3.63, 3.8) is 0 Å². The van der Waals surface area contributed by atoms with Crippen LogP contribution in [0.2, 0.25) is 0 Å². The standard InChI is InChI=1S/C24H23N3O4S/c28-23(22-5-2-12-32-22)25-19-4-1-3-18(14-19)24(29)27-10-8-26(9-11-27)15-17-6-7-20-21(13-17)31-16-30-20/h1-7,12-14H,8-11,15-16H2,(H,25,28). The number of amides is 2. The van der Waals surface area contributed by atoms with E-state index < -0.39 is 0 Å². The zero-order chi connectivity index (χ0) is 21.9. The molecule has 2 aliphatic rings. The maximum Gasteiger partial charge on any atom is 0.265 e. The number of carbonyl (C=O) groups excluding carboxylic acids is 2. The molecule has 1 N–H and O–H groups in total. The number of ether oxygens (including phenoxy) is 2. The van der Waals surface area contributed by atoms with Gasteiger partial charge in [-0.15, -0.1) is 11.3 Å². The van der Waals surface area contributed by atoms with Crippen molar-refractivity contribution in [3.8, 4) is 11.5 Å². The second-order valence-corrected chi connectivity index (χ2v) is 8.72. The molecular weight excluding hydrogens is 426 g/mol. The quantitative estimate of drug-likeness (QED) is 0.643. The van der Waals surface area contributed by atoms with Gasteiger partial charge in [-0.3, -0.25) is 14.5 Å². The minimum Gasteiger partial charge on any atom is -0.454 e. The molecule has 1 fully saturated rings. The summed E-state index contributed by atoms with van der Waals surface area (Å²) in [5, 5.41) is 4.73. The van der Waals surface area contributed by atoms with Gasteiger partial charge in [-0.05, 0) is 47.3 Å². The van der Waals surface area contributed by atoms with E-state index in [9.17, 15) is 9.59 Å². The Morgan fingerprint density at radius 1 is 0.938 bits per heavy atom. The molecule has 1 aromatic heterocycles. The molecule has 0 saturated carbocycles. The average Bonchev–Trinajstić information content (AvgIpc) is 3.51. The minimum absolute atomic E-state index is 0.0139. The van der Waals surface area contributed by atoms with Crippen molar-refractivity contribution < 1.29 is 19.1 Å². The van der Waals surface area contributed by atoms with Crippen LogP contribution in [0.1, 0.15) is 25.6 Å². The van der Waals surface area contributed by atoms with Gasteiger partial charge in [0.15, 0.2) is 11.5 Å². The molecule has 0 spiro atoms. The summed E-state index contributed by atoms with van der Waals surface area (Å²) >= 11 is 1.38. The fourth-order valence-electron chi connectivity index (χ4n) is 3.92. The number of hydrogen-bond donors (Lipinski definition) is 1. The summed E-state index contributed by atoms with van der Waals surface area (Å²) in [4.78, 5) is 30.2. The molecule has 1 saturated heterocycles. The van der Waals surface area contributed by atoms with E-state index in [1.165, 1.54) is 16.9 Å². The number of carbonyl (C=O) groups is 2. The van der Waals surface area contributed by atoms with Gasteiger partial charge in [-0.25, -0.2) is 0 Å². The molecule has 0 aliphatic carbocycles. The summed E-state index contributed by atoms with van der Waals surface area (Å²) in [6, 6.07) is 16.8. The lowest BCUT2D eigenvalue weighted by atomic mass is 10.1. The van der Waals surface area contributed by atoms with Crippen LogP contribution in [0.25, 0.3) is 0 Å². The fourth-order valence-corrected chi connectivity index (χ4v) is 4.54. The van der Waals surface area contributed by atoms with Gasteiger partial charge in [-0.1, -0.05) is 18.2 Å². The Morgan fingerprint density at radius 3 is 2.59 bits per heavy atom. The van der Waals surface area contributed by atoms with Crippen molar-refractivity contribution in [1.29, 1.82) is 0 Å². The van der Waals surface area contributed by atoms with Gasteiger partial charge in [0, 0.05) is 44.0 Å². The third kappa shape index (κ3) is 4.46. The Labute approximate surface area is 190 Å². The van der Waals surface area contributed by atoms with E-state index in [-0.39, 0.29) is 18.6 Å². The van der Waals surface area contributed by atoms with Gasteiger partial charge >= 0.3 is 0 Å². The van der Waals surface area contributed by atoms with Gasteiger partial charge < -0.3 is 19.7 Å². The summed E-state index contributed by atoms with van der Waals surface area (Å²) < 4.78 is 10.8. The smallest absolute Gasteiger partial charge is 0.265 e. The number of piperazine rings is 1. The van der Waals surface area contributed by atoms with Gasteiger partial charge in [0.2, 0.25) is 6.79 Å². The minimum atomic E-state index is -0.165. The number of benzene rings is 2. The van der Waals surface area contributed by atoms with E-state index >= 15 is 0 Å². The predicted molar refractivity (Wildman–Crippen MR) is 122 cm³/mol. The van der Waals surface area contributed by atoms with Crippen LogP contribution in [0.4, 0.5) is 5.69 Å². The normalized spacial score (nSPS) is 15.6. The van der Waals surface area contributed by atoms with Crippen LogP contribution in [0.3, 0.4) is 0 Å². The molecular formula is C24H23N3O4S. The number of fused-ring (bicyclic) bond motifs is 1. The van der Waals surface area contributed by atoms with Crippen LogP contribution < -0.4 is 14.8 Å². The van der Waals surface area contributed by atoms with Crippen molar-refractivity contribution in [3.05, 3.63) is 76.0 Å². The molecule has 0 atom stereocenters. The molecule has 7 nitrogen and oxygen atoms in total. The van der Waals surface area contributed by atoms with Crippen molar-refractivity contribution in [2.24, 2.45) is 0 Å². The van der Waals surface area contributed by atoms with Crippen LogP contribution in [-0.4, -0.2) is 54.6 Å². The van der Waals surface area contributed by atoms with E-state index in [4.69, 9.17) is 9.47 Å². The first kappa shape index (κ1) is 20.5. The molecule has 0 radical (unpaired) electrons. The molecule has 3 aromatic rings. The van der Waals surface area contributed by atoms with Crippen molar-refractivity contribution in [2.75, 3.05) is 38.3 Å². The van der Waals surface area contributed by atoms with Crippen LogP contribution in [0.15, 0.2) is 60.0 Å². The Bertz CT molecular complexity index is 1120. The highest BCUT2D eigenvalue weighted by Crippen LogP contribution is 2.32. The number of rotatable bonds is 5. The maximum absolute atomic E-state index is 13.0. The van der Waals surface area contributed by atoms with Crippen molar-refractivity contribution in [2.45, 2.75) is 6.54 Å². The van der Waals surface area contributed by atoms with E-state index in [0.717, 1.165) is 31.1 Å². The molecule has 2 aliphatic heterocycles. The van der Waals surface area contributed by atoms with Crippen LogP contribution in [-0.2, 0) is 6.54 Å². The first-order chi connectivity index (χ1) is 15.7. The van der Waals surface area contributed by atoms with Gasteiger partial charge in [0.25, 0.3) is 11.8 Å². The first-order valence-electron chi connectivity index (χ1n) is 10.5. The summed E-state index contributed by atoms with van der Waals surface area (Å²) in [7, 11) is 0. The Kier molecular flexibility index (Phi) is 5.79. The summed E-state index contributed by atoms with van der Waals surface area (Å²) in [5.41, 5.74) is 2.37. The average molecular weight is 450 g/mol. The summed E-state index contributed by atoms with van der Waals surface area (Å²) in [6.07, 6.45) is 0. The lowest BCUT2D eigenvalue weighted by Gasteiger charge is -2.34. The first-order valence-corrected chi connectivity index (χ1v) is 11.4. The number of hydrogen-bond acceptors (Lipinski definition) is 6. The van der Waals surface area contributed by atoms with Crippen molar-refractivity contribution >= 4 is 28.8 Å². The molecule has 2 amide bonds. The monoisotopic (exact) mass is 449 g/mol. The third-order valence-electron chi connectivity index (χ3n) is 5.62. The number of nitrogens with one attached hydrogen (secondary N) is 1. The van der Waals surface area contributed by atoms with Crippen LogP contribution in [0, 0.1) is 0 Å². The Hall–Kier alpha value is -3.36. The predicted octanol–water partition coefficient (Wildman–Crippen LogP) is 3.69. The number of thiophene rings is 1.